The van der Waals surface area contributed by atoms with Gasteiger partial charge in [0.05, 0.1) is 0 Å². The highest BCUT2D eigenvalue weighted by Crippen LogP contribution is 2.21. The van der Waals surface area contributed by atoms with Crippen LogP contribution in [0.4, 0.5) is 0 Å². The van der Waals surface area contributed by atoms with E-state index in [-0.39, 0.29) is 0 Å². The van der Waals surface area contributed by atoms with Crippen LogP contribution in [0.2, 0.25) is 0 Å². The van der Waals surface area contributed by atoms with E-state index in [1.165, 1.54) is 31.5 Å². The average molecular weight is 218 g/mol. The Morgan fingerprint density at radius 2 is 2.25 bits per heavy atom. The molecular formula is C14H22N2. The van der Waals surface area contributed by atoms with Crippen LogP contribution in [0.25, 0.3) is 0 Å². The molecule has 1 aliphatic heterocycles. The maximum absolute atomic E-state index is 4.44. The molecule has 1 aromatic heterocycles. The van der Waals surface area contributed by atoms with Crippen LogP contribution in [-0.2, 0) is 6.42 Å². The van der Waals surface area contributed by atoms with Crippen LogP contribution in [-0.4, -0.2) is 28.5 Å². The number of hydrogen-bond acceptors (Lipinski definition) is 2. The van der Waals surface area contributed by atoms with Crippen molar-refractivity contribution in [3.8, 4) is 0 Å². The summed E-state index contributed by atoms with van der Waals surface area (Å²) in [5, 5.41) is 0. The second-order valence-corrected chi connectivity index (χ2v) is 5.01. The van der Waals surface area contributed by atoms with Gasteiger partial charge >= 0.3 is 0 Å². The number of nitrogens with zero attached hydrogens (tertiary/aromatic N) is 2. The smallest absolute Gasteiger partial charge is 0.0419 e. The van der Waals surface area contributed by atoms with Crippen molar-refractivity contribution in [1.29, 1.82) is 0 Å². The Bertz CT molecular complexity index is 308. The van der Waals surface area contributed by atoms with Gasteiger partial charge in [0.15, 0.2) is 0 Å². The highest BCUT2D eigenvalue weighted by molar-refractivity contribution is 5.05. The van der Waals surface area contributed by atoms with Gasteiger partial charge in [-0.25, -0.2) is 0 Å². The van der Waals surface area contributed by atoms with Gasteiger partial charge in [-0.2, -0.15) is 0 Å². The quantitative estimate of drug-likeness (QED) is 0.775. The van der Waals surface area contributed by atoms with E-state index in [0.717, 1.165) is 6.42 Å². The first kappa shape index (κ1) is 11.6. The van der Waals surface area contributed by atoms with Gasteiger partial charge in [0.1, 0.15) is 0 Å². The zero-order valence-corrected chi connectivity index (χ0v) is 10.4. The molecule has 0 bridgehead atoms. The summed E-state index contributed by atoms with van der Waals surface area (Å²) in [5.41, 5.74) is 1.24. The summed E-state index contributed by atoms with van der Waals surface area (Å²) in [7, 11) is 0. The summed E-state index contributed by atoms with van der Waals surface area (Å²) in [6.07, 6.45) is 7.07. The first-order valence-corrected chi connectivity index (χ1v) is 6.43. The number of pyridine rings is 1. The van der Waals surface area contributed by atoms with Crippen molar-refractivity contribution in [3.05, 3.63) is 30.1 Å². The molecule has 1 aromatic rings. The Balaban J connectivity index is 2.01. The Kier molecular flexibility index (Phi) is 3.94. The van der Waals surface area contributed by atoms with Crippen LogP contribution < -0.4 is 0 Å². The topological polar surface area (TPSA) is 16.1 Å². The summed E-state index contributed by atoms with van der Waals surface area (Å²) >= 11 is 0. The zero-order chi connectivity index (χ0) is 11.4. The summed E-state index contributed by atoms with van der Waals surface area (Å²) < 4.78 is 0. The van der Waals surface area contributed by atoms with Gasteiger partial charge in [-0.3, -0.25) is 9.88 Å². The Morgan fingerprint density at radius 3 is 2.94 bits per heavy atom. The van der Waals surface area contributed by atoms with Crippen LogP contribution in [0.15, 0.2) is 24.4 Å². The standard InChI is InChI=1S/C14H22N2/c1-12(2)16-10-6-4-8-14(16)11-13-7-3-5-9-15-13/h3,5,7,9,12,14H,4,6,8,10-11H2,1-2H3. The molecule has 0 aromatic carbocycles. The normalized spacial score (nSPS) is 22.6. The second-order valence-electron chi connectivity index (χ2n) is 5.01. The Hall–Kier alpha value is -0.890. The molecule has 1 atom stereocenters. The van der Waals surface area contributed by atoms with Gasteiger partial charge in [-0.15, -0.1) is 0 Å². The molecule has 16 heavy (non-hydrogen) atoms. The fraction of sp³-hybridized carbons (Fsp3) is 0.643. The summed E-state index contributed by atoms with van der Waals surface area (Å²) in [6.45, 7) is 5.86. The van der Waals surface area contributed by atoms with E-state index in [4.69, 9.17) is 0 Å². The minimum Gasteiger partial charge on any atom is -0.298 e. The lowest BCUT2D eigenvalue weighted by Crippen LogP contribution is -2.45. The van der Waals surface area contributed by atoms with Crippen molar-refractivity contribution in [2.75, 3.05) is 6.54 Å². The first-order valence-electron chi connectivity index (χ1n) is 6.43. The summed E-state index contributed by atoms with van der Waals surface area (Å²) in [6, 6.07) is 7.58. The van der Waals surface area contributed by atoms with Crippen LogP contribution in [0.3, 0.4) is 0 Å². The van der Waals surface area contributed by atoms with Gasteiger partial charge in [0.25, 0.3) is 0 Å². The molecule has 88 valence electrons. The molecule has 0 aliphatic carbocycles. The lowest BCUT2D eigenvalue weighted by atomic mass is 9.96. The molecule has 1 fully saturated rings. The molecule has 0 amide bonds. The van der Waals surface area contributed by atoms with Crippen LogP contribution in [0, 0.1) is 0 Å². The minimum absolute atomic E-state index is 0.661. The molecule has 2 heterocycles. The van der Waals surface area contributed by atoms with Gasteiger partial charge in [0, 0.05) is 30.4 Å². The highest BCUT2D eigenvalue weighted by atomic mass is 15.2. The molecule has 0 radical (unpaired) electrons. The van der Waals surface area contributed by atoms with Crippen LogP contribution >= 0.6 is 0 Å². The van der Waals surface area contributed by atoms with E-state index >= 15 is 0 Å². The monoisotopic (exact) mass is 218 g/mol. The average Bonchev–Trinajstić information content (AvgIpc) is 2.31. The molecule has 1 saturated heterocycles. The number of piperidine rings is 1. The molecule has 0 saturated carbocycles. The Labute approximate surface area is 98.7 Å². The fourth-order valence-electron chi connectivity index (χ4n) is 2.68. The van der Waals surface area contributed by atoms with Gasteiger partial charge in [0.2, 0.25) is 0 Å². The molecule has 0 N–H and O–H groups in total. The number of likely N-dealkylation sites (tertiary alicyclic amines) is 1. The lowest BCUT2D eigenvalue weighted by Gasteiger charge is -2.38. The maximum atomic E-state index is 4.44. The third-order valence-electron chi connectivity index (χ3n) is 3.51. The lowest BCUT2D eigenvalue weighted by molar-refractivity contribution is 0.111. The third-order valence-corrected chi connectivity index (χ3v) is 3.51. The Morgan fingerprint density at radius 1 is 1.38 bits per heavy atom. The largest absolute Gasteiger partial charge is 0.298 e. The molecule has 0 spiro atoms. The fourth-order valence-corrected chi connectivity index (χ4v) is 2.68. The summed E-state index contributed by atoms with van der Waals surface area (Å²) in [4.78, 5) is 7.08. The molecule has 1 aliphatic rings. The SMILES string of the molecule is CC(C)N1CCCCC1Cc1ccccn1. The predicted octanol–water partition coefficient (Wildman–Crippen LogP) is 2.89. The first-order chi connectivity index (χ1) is 7.77. The molecule has 2 heteroatoms. The molecular weight excluding hydrogens is 196 g/mol. The molecule has 1 unspecified atom stereocenters. The van der Waals surface area contributed by atoms with Crippen molar-refractivity contribution < 1.29 is 0 Å². The van der Waals surface area contributed by atoms with Crippen molar-refractivity contribution in [2.24, 2.45) is 0 Å². The van der Waals surface area contributed by atoms with Gasteiger partial charge < -0.3 is 0 Å². The zero-order valence-electron chi connectivity index (χ0n) is 10.4. The number of hydrogen-bond donors (Lipinski definition) is 0. The number of rotatable bonds is 3. The predicted molar refractivity (Wildman–Crippen MR) is 67.4 cm³/mol. The van der Waals surface area contributed by atoms with Gasteiger partial charge in [-0.05, 0) is 45.4 Å². The van der Waals surface area contributed by atoms with E-state index in [1.54, 1.807) is 0 Å². The third kappa shape index (κ3) is 2.82. The van der Waals surface area contributed by atoms with E-state index < -0.39 is 0 Å². The maximum Gasteiger partial charge on any atom is 0.0419 e. The minimum atomic E-state index is 0.661. The van der Waals surface area contributed by atoms with Crippen LogP contribution in [0.5, 0.6) is 0 Å². The van der Waals surface area contributed by atoms with E-state index in [9.17, 15) is 0 Å². The van der Waals surface area contributed by atoms with Crippen molar-refractivity contribution in [2.45, 2.75) is 51.6 Å². The second kappa shape index (κ2) is 5.44. The van der Waals surface area contributed by atoms with Crippen molar-refractivity contribution in [3.63, 3.8) is 0 Å². The van der Waals surface area contributed by atoms with E-state index in [2.05, 4.69) is 35.9 Å². The molecule has 2 rings (SSSR count). The summed E-state index contributed by atoms with van der Waals surface area (Å²) in [5.74, 6) is 0. The number of aromatic nitrogens is 1. The molecule has 2 nitrogen and oxygen atoms in total. The van der Waals surface area contributed by atoms with Gasteiger partial charge in [-0.1, -0.05) is 12.5 Å². The van der Waals surface area contributed by atoms with E-state index in [1.807, 2.05) is 12.3 Å². The van der Waals surface area contributed by atoms with Crippen molar-refractivity contribution in [1.82, 2.24) is 9.88 Å². The van der Waals surface area contributed by atoms with E-state index in [0.29, 0.717) is 12.1 Å². The highest BCUT2D eigenvalue weighted by Gasteiger charge is 2.24. The van der Waals surface area contributed by atoms with Crippen molar-refractivity contribution >= 4 is 0 Å². The van der Waals surface area contributed by atoms with Crippen LogP contribution in [0.1, 0.15) is 38.8 Å².